The summed E-state index contributed by atoms with van der Waals surface area (Å²) in [5.41, 5.74) is 2.90. The van der Waals surface area contributed by atoms with Gasteiger partial charge in [-0.25, -0.2) is 8.42 Å². The third kappa shape index (κ3) is 6.04. The number of rotatable bonds is 5. The number of alkyl halides is 3. The molecule has 176 valence electrons. The Morgan fingerprint density at radius 1 is 1.00 bits per heavy atom. The lowest BCUT2D eigenvalue weighted by Gasteiger charge is -2.36. The van der Waals surface area contributed by atoms with Crippen LogP contribution in [0.1, 0.15) is 11.1 Å². The molecular formula is C22H22F3N3O4S. The number of carbonyl (C=O) groups is 1. The molecule has 2 aromatic carbocycles. The van der Waals surface area contributed by atoms with Crippen LogP contribution in [0.15, 0.2) is 54.6 Å². The third-order valence-electron chi connectivity index (χ3n) is 5.18. The number of piperazine rings is 1. The predicted octanol–water partition coefficient (Wildman–Crippen LogP) is 1.43. The lowest BCUT2D eigenvalue weighted by Crippen LogP contribution is -2.55. The van der Waals surface area contributed by atoms with Gasteiger partial charge in [-0.15, -0.1) is 0 Å². The predicted molar refractivity (Wildman–Crippen MR) is 116 cm³/mol. The second-order valence-electron chi connectivity index (χ2n) is 7.53. The molecule has 1 amide bonds. The third-order valence-corrected chi connectivity index (χ3v) is 7.11. The van der Waals surface area contributed by atoms with Gasteiger partial charge < -0.3 is 15.7 Å². The van der Waals surface area contributed by atoms with Gasteiger partial charge >= 0.3 is 6.18 Å². The highest BCUT2D eigenvalue weighted by molar-refractivity contribution is 7.89. The van der Waals surface area contributed by atoms with Crippen molar-refractivity contribution in [2.45, 2.75) is 11.8 Å². The smallest absolute Gasteiger partial charge is 0.369 e. The zero-order chi connectivity index (χ0) is 24.3. The molecule has 0 radical (unpaired) electrons. The minimum atomic E-state index is -4.44. The average Bonchev–Trinajstić information content (AvgIpc) is 2.78. The molecule has 33 heavy (non-hydrogen) atoms. The number of halogens is 3. The van der Waals surface area contributed by atoms with Crippen LogP contribution >= 0.6 is 0 Å². The van der Waals surface area contributed by atoms with E-state index in [4.69, 9.17) is 5.73 Å². The van der Waals surface area contributed by atoms with Gasteiger partial charge in [0.25, 0.3) is 5.91 Å². The van der Waals surface area contributed by atoms with Crippen molar-refractivity contribution in [3.05, 3.63) is 65.7 Å². The number of sulfonamides is 1. The highest BCUT2D eigenvalue weighted by Gasteiger charge is 2.41. The van der Waals surface area contributed by atoms with Crippen LogP contribution in [0.25, 0.3) is 0 Å². The molecular weight excluding hydrogens is 459 g/mol. The van der Waals surface area contributed by atoms with Gasteiger partial charge in [-0.2, -0.15) is 17.5 Å². The Hall–Kier alpha value is -3.07. The molecule has 3 N–H and O–H groups in total. The van der Waals surface area contributed by atoms with E-state index < -0.39 is 39.0 Å². The lowest BCUT2D eigenvalue weighted by atomic mass is 10.1. The van der Waals surface area contributed by atoms with E-state index in [1.54, 1.807) is 35.2 Å². The van der Waals surface area contributed by atoms with Crippen molar-refractivity contribution in [3.8, 4) is 11.8 Å². The van der Waals surface area contributed by atoms with Crippen molar-refractivity contribution in [2.75, 3.05) is 36.8 Å². The molecule has 3 rings (SSSR count). The minimum Gasteiger partial charge on any atom is -0.369 e. The fourth-order valence-corrected chi connectivity index (χ4v) is 4.95. The van der Waals surface area contributed by atoms with E-state index in [2.05, 4.69) is 11.8 Å². The van der Waals surface area contributed by atoms with E-state index in [0.29, 0.717) is 11.3 Å². The molecule has 1 heterocycles. The molecule has 0 aliphatic carbocycles. The van der Waals surface area contributed by atoms with Gasteiger partial charge in [-0.3, -0.25) is 4.79 Å². The molecule has 1 fully saturated rings. The van der Waals surface area contributed by atoms with Crippen LogP contribution in [0, 0.1) is 11.8 Å². The number of nitrogens with two attached hydrogens (primary N) is 1. The first-order valence-electron chi connectivity index (χ1n) is 9.91. The van der Waals surface area contributed by atoms with Crippen molar-refractivity contribution in [3.63, 3.8) is 0 Å². The molecule has 2 aromatic rings. The number of primary amides is 1. The molecule has 0 saturated carbocycles. The normalized spacial score (nSPS) is 17.0. The summed E-state index contributed by atoms with van der Waals surface area (Å²) in [6.07, 6.45) is -4.44. The molecule has 0 spiro atoms. The maximum Gasteiger partial charge on any atom is 0.416 e. The molecule has 1 aliphatic heterocycles. The van der Waals surface area contributed by atoms with Gasteiger partial charge in [0.15, 0.2) is 0 Å². The van der Waals surface area contributed by atoms with E-state index in [0.717, 1.165) is 16.4 Å². The summed E-state index contributed by atoms with van der Waals surface area (Å²) in [6, 6.07) is 13.0. The number of aliphatic hydroxyl groups is 1. The van der Waals surface area contributed by atoms with Crippen LogP contribution in [0.3, 0.4) is 0 Å². The minimum absolute atomic E-state index is 0.0182. The SMILES string of the molecule is NC(=O)C(O)(C#Cc1ccccc1)CS(=O)(=O)N1CCN(c2ccc(C(F)(F)F)cc2)CC1. The van der Waals surface area contributed by atoms with Gasteiger partial charge in [-0.1, -0.05) is 30.0 Å². The fraction of sp³-hybridized carbons (Fsp3) is 0.318. The zero-order valence-electron chi connectivity index (χ0n) is 17.4. The van der Waals surface area contributed by atoms with Crippen molar-refractivity contribution in [1.82, 2.24) is 4.31 Å². The molecule has 1 aliphatic rings. The van der Waals surface area contributed by atoms with Crippen LogP contribution in [0.2, 0.25) is 0 Å². The van der Waals surface area contributed by atoms with Gasteiger partial charge in [0.1, 0.15) is 5.75 Å². The summed E-state index contributed by atoms with van der Waals surface area (Å²) in [7, 11) is -4.12. The first-order chi connectivity index (χ1) is 15.4. The van der Waals surface area contributed by atoms with Crippen molar-refractivity contribution in [2.24, 2.45) is 5.73 Å². The van der Waals surface area contributed by atoms with Crippen LogP contribution in [0.5, 0.6) is 0 Å². The van der Waals surface area contributed by atoms with Gasteiger partial charge in [0, 0.05) is 37.4 Å². The topological polar surface area (TPSA) is 104 Å². The molecule has 11 heteroatoms. The lowest BCUT2D eigenvalue weighted by molar-refractivity contribution is -0.137. The average molecular weight is 481 g/mol. The summed E-state index contributed by atoms with van der Waals surface area (Å²) < 4.78 is 65.0. The van der Waals surface area contributed by atoms with Gasteiger partial charge in [0.2, 0.25) is 15.6 Å². The number of amides is 1. The van der Waals surface area contributed by atoms with Crippen LogP contribution in [0.4, 0.5) is 18.9 Å². The Bertz CT molecular complexity index is 1150. The molecule has 0 aromatic heterocycles. The van der Waals surface area contributed by atoms with E-state index in [1.807, 2.05) is 0 Å². The van der Waals surface area contributed by atoms with Crippen molar-refractivity contribution >= 4 is 21.6 Å². The number of hydrogen-bond donors (Lipinski definition) is 2. The van der Waals surface area contributed by atoms with E-state index >= 15 is 0 Å². The first-order valence-corrected chi connectivity index (χ1v) is 11.5. The summed E-state index contributed by atoms with van der Waals surface area (Å²) in [4.78, 5) is 13.6. The van der Waals surface area contributed by atoms with Crippen molar-refractivity contribution < 1.29 is 31.5 Å². The maximum atomic E-state index is 12.9. The Morgan fingerprint density at radius 2 is 1.58 bits per heavy atom. The summed E-state index contributed by atoms with van der Waals surface area (Å²) in [5.74, 6) is 2.56. The van der Waals surface area contributed by atoms with Gasteiger partial charge in [0.05, 0.1) is 5.56 Å². The first kappa shape index (κ1) is 24.6. The largest absolute Gasteiger partial charge is 0.416 e. The summed E-state index contributed by atoms with van der Waals surface area (Å²) in [5, 5.41) is 10.6. The fourth-order valence-electron chi connectivity index (χ4n) is 3.31. The second-order valence-corrected chi connectivity index (χ2v) is 9.50. The van der Waals surface area contributed by atoms with E-state index in [9.17, 15) is 31.5 Å². The molecule has 1 unspecified atom stereocenters. The summed E-state index contributed by atoms with van der Waals surface area (Å²) >= 11 is 0. The number of carbonyl (C=O) groups excluding carboxylic acids is 1. The number of benzene rings is 2. The molecule has 7 nitrogen and oxygen atoms in total. The molecule has 0 bridgehead atoms. The number of nitrogens with zero attached hydrogens (tertiary/aromatic N) is 2. The zero-order valence-corrected chi connectivity index (χ0v) is 18.2. The monoisotopic (exact) mass is 481 g/mol. The van der Waals surface area contributed by atoms with Crippen molar-refractivity contribution in [1.29, 1.82) is 0 Å². The number of hydrogen-bond acceptors (Lipinski definition) is 5. The Labute approximate surface area is 189 Å². The summed E-state index contributed by atoms with van der Waals surface area (Å²) in [6.45, 7) is 0.471. The maximum absolute atomic E-state index is 12.9. The highest BCUT2D eigenvalue weighted by atomic mass is 32.2. The quantitative estimate of drug-likeness (QED) is 0.629. The van der Waals surface area contributed by atoms with Crippen LogP contribution in [-0.4, -0.2) is 61.3 Å². The van der Waals surface area contributed by atoms with E-state index in [1.165, 1.54) is 12.1 Å². The number of anilines is 1. The molecule has 1 saturated heterocycles. The second kappa shape index (κ2) is 9.43. The van der Waals surface area contributed by atoms with Crippen LogP contribution < -0.4 is 10.6 Å². The van der Waals surface area contributed by atoms with E-state index in [-0.39, 0.29) is 26.2 Å². The standard InChI is InChI=1S/C22H22F3N3O4S/c23-22(24,25)18-6-8-19(9-7-18)27-12-14-28(15-13-27)33(31,32)16-21(30,20(26)29)11-10-17-4-2-1-3-5-17/h1-9,30H,12-16H2,(H2,26,29). The Morgan fingerprint density at radius 3 is 2.09 bits per heavy atom. The molecule has 1 atom stereocenters. The van der Waals surface area contributed by atoms with Crippen LogP contribution in [-0.2, 0) is 21.0 Å². The Balaban J connectivity index is 1.68. The van der Waals surface area contributed by atoms with Gasteiger partial charge in [-0.05, 0) is 36.4 Å². The Kier molecular flexibility index (Phi) is 7.02. The highest BCUT2D eigenvalue weighted by Crippen LogP contribution is 2.30.